The van der Waals surface area contributed by atoms with Crippen molar-refractivity contribution in [3.63, 3.8) is 0 Å². The number of ether oxygens (including phenoxy) is 1. The maximum Gasteiger partial charge on any atom is 0.252 e. The standard InChI is InChI=1S/C25H34N6O2/c1-4-31-24-22(16-27-31)21(25(32)28-20-8-12-33-13-9-20)15-23(29-24)19-7-5-6-18(14-19)17-30(3)11-10-26-2/h5-7,14-16,20,26H,4,8-13,17H2,1-3H3,(H,28,32). The molecule has 2 N–H and O–H groups in total. The summed E-state index contributed by atoms with van der Waals surface area (Å²) in [5.41, 5.74) is 4.36. The minimum absolute atomic E-state index is 0.0749. The Morgan fingerprint density at radius 2 is 2.09 bits per heavy atom. The van der Waals surface area contributed by atoms with Crippen LogP contribution in [-0.2, 0) is 17.8 Å². The number of fused-ring (bicyclic) bond motifs is 1. The van der Waals surface area contributed by atoms with Gasteiger partial charge in [-0.05, 0) is 51.6 Å². The van der Waals surface area contributed by atoms with Gasteiger partial charge < -0.3 is 20.3 Å². The summed E-state index contributed by atoms with van der Waals surface area (Å²) in [4.78, 5) is 20.5. The fourth-order valence-corrected chi connectivity index (χ4v) is 4.24. The number of likely N-dealkylation sites (N-methyl/N-ethyl adjacent to an activating group) is 2. The van der Waals surface area contributed by atoms with Gasteiger partial charge in [-0.1, -0.05) is 18.2 Å². The van der Waals surface area contributed by atoms with Gasteiger partial charge in [0.25, 0.3) is 5.91 Å². The van der Waals surface area contributed by atoms with Crippen LogP contribution in [0.3, 0.4) is 0 Å². The molecule has 1 aliphatic heterocycles. The van der Waals surface area contributed by atoms with Crippen LogP contribution in [0.15, 0.2) is 36.5 Å². The van der Waals surface area contributed by atoms with Crippen LogP contribution in [0.5, 0.6) is 0 Å². The molecule has 0 spiro atoms. The molecule has 0 atom stereocenters. The third-order valence-electron chi connectivity index (χ3n) is 6.13. The molecular weight excluding hydrogens is 416 g/mol. The Hall–Kier alpha value is -2.81. The lowest BCUT2D eigenvalue weighted by Gasteiger charge is -2.23. The zero-order valence-electron chi connectivity index (χ0n) is 19.8. The third-order valence-corrected chi connectivity index (χ3v) is 6.13. The van der Waals surface area contributed by atoms with Crippen molar-refractivity contribution in [1.29, 1.82) is 0 Å². The van der Waals surface area contributed by atoms with Gasteiger partial charge in [-0.3, -0.25) is 4.79 Å². The number of pyridine rings is 1. The number of aromatic nitrogens is 3. The fourth-order valence-electron chi connectivity index (χ4n) is 4.24. The average Bonchev–Trinajstić information content (AvgIpc) is 3.26. The van der Waals surface area contributed by atoms with E-state index < -0.39 is 0 Å². The van der Waals surface area contributed by atoms with Gasteiger partial charge in [0, 0.05) is 51.0 Å². The lowest BCUT2D eigenvalue weighted by atomic mass is 10.0. The highest BCUT2D eigenvalue weighted by Crippen LogP contribution is 2.26. The molecule has 1 aromatic carbocycles. The van der Waals surface area contributed by atoms with Crippen LogP contribution in [0.25, 0.3) is 22.3 Å². The molecule has 1 amide bonds. The molecule has 33 heavy (non-hydrogen) atoms. The fraction of sp³-hybridized carbons (Fsp3) is 0.480. The second kappa shape index (κ2) is 10.9. The molecule has 0 unspecified atom stereocenters. The van der Waals surface area contributed by atoms with Gasteiger partial charge in [0.1, 0.15) is 0 Å². The summed E-state index contributed by atoms with van der Waals surface area (Å²) in [6.07, 6.45) is 3.43. The Morgan fingerprint density at radius 3 is 2.85 bits per heavy atom. The van der Waals surface area contributed by atoms with Crippen molar-refractivity contribution in [2.75, 3.05) is 40.4 Å². The molecule has 0 aliphatic carbocycles. The van der Waals surface area contributed by atoms with Gasteiger partial charge in [0.15, 0.2) is 5.65 Å². The Morgan fingerprint density at radius 1 is 1.27 bits per heavy atom. The SMILES string of the molecule is CCn1ncc2c(C(=O)NC3CCOCC3)cc(-c3cccc(CN(C)CCNC)c3)nc21. The second-order valence-electron chi connectivity index (χ2n) is 8.65. The maximum absolute atomic E-state index is 13.3. The summed E-state index contributed by atoms with van der Waals surface area (Å²) in [6.45, 7) is 6.86. The number of amides is 1. The highest BCUT2D eigenvalue weighted by molar-refractivity contribution is 6.06. The molecule has 3 heterocycles. The summed E-state index contributed by atoms with van der Waals surface area (Å²) < 4.78 is 7.28. The van der Waals surface area contributed by atoms with Crippen molar-refractivity contribution >= 4 is 16.9 Å². The first-order valence-corrected chi connectivity index (χ1v) is 11.8. The number of hydrogen-bond acceptors (Lipinski definition) is 6. The molecule has 176 valence electrons. The Balaban J connectivity index is 1.66. The van der Waals surface area contributed by atoms with Crippen molar-refractivity contribution in [2.24, 2.45) is 0 Å². The number of nitrogens with one attached hydrogen (secondary N) is 2. The van der Waals surface area contributed by atoms with Crippen LogP contribution in [-0.4, -0.2) is 72.0 Å². The largest absolute Gasteiger partial charge is 0.381 e. The average molecular weight is 451 g/mol. The summed E-state index contributed by atoms with van der Waals surface area (Å²) in [7, 11) is 4.08. The molecule has 1 saturated heterocycles. The molecular formula is C25H34N6O2. The molecule has 1 aliphatic rings. The second-order valence-corrected chi connectivity index (χ2v) is 8.65. The van der Waals surface area contributed by atoms with Crippen molar-refractivity contribution in [2.45, 2.75) is 38.9 Å². The minimum Gasteiger partial charge on any atom is -0.381 e. The molecule has 1 fully saturated rings. The summed E-state index contributed by atoms with van der Waals surface area (Å²) in [5, 5.41) is 11.6. The van der Waals surface area contributed by atoms with Crippen molar-refractivity contribution in [3.05, 3.63) is 47.7 Å². The first-order valence-electron chi connectivity index (χ1n) is 11.8. The van der Waals surface area contributed by atoms with E-state index >= 15 is 0 Å². The van der Waals surface area contributed by atoms with Gasteiger partial charge in [-0.25, -0.2) is 9.67 Å². The van der Waals surface area contributed by atoms with Crippen molar-refractivity contribution in [3.8, 4) is 11.3 Å². The number of carbonyl (C=O) groups excluding carboxylic acids is 1. The maximum atomic E-state index is 13.3. The lowest BCUT2D eigenvalue weighted by Crippen LogP contribution is -2.39. The molecule has 8 nitrogen and oxygen atoms in total. The van der Waals surface area contributed by atoms with Gasteiger partial charge in [-0.2, -0.15) is 5.10 Å². The smallest absolute Gasteiger partial charge is 0.252 e. The molecule has 3 aromatic rings. The zero-order chi connectivity index (χ0) is 23.2. The Kier molecular flexibility index (Phi) is 7.69. The van der Waals surface area contributed by atoms with Crippen LogP contribution < -0.4 is 10.6 Å². The normalized spacial score (nSPS) is 14.8. The van der Waals surface area contributed by atoms with E-state index in [1.807, 2.05) is 24.7 Å². The molecule has 2 aromatic heterocycles. The lowest BCUT2D eigenvalue weighted by molar-refractivity contribution is 0.0697. The number of hydrogen-bond donors (Lipinski definition) is 2. The van der Waals surface area contributed by atoms with Crippen molar-refractivity contribution in [1.82, 2.24) is 30.3 Å². The first kappa shape index (κ1) is 23.4. The van der Waals surface area contributed by atoms with E-state index in [1.54, 1.807) is 6.20 Å². The molecule has 0 saturated carbocycles. The summed E-state index contributed by atoms with van der Waals surface area (Å²) in [6, 6.07) is 10.4. The van der Waals surface area contributed by atoms with Crippen LogP contribution in [0.1, 0.15) is 35.7 Å². The van der Waals surface area contributed by atoms with E-state index in [-0.39, 0.29) is 11.9 Å². The predicted molar refractivity (Wildman–Crippen MR) is 130 cm³/mol. The van der Waals surface area contributed by atoms with Crippen molar-refractivity contribution < 1.29 is 9.53 Å². The predicted octanol–water partition coefficient (Wildman–Crippen LogP) is 2.68. The third kappa shape index (κ3) is 5.58. The Bertz CT molecular complexity index is 1090. The summed E-state index contributed by atoms with van der Waals surface area (Å²) >= 11 is 0. The number of benzene rings is 1. The quantitative estimate of drug-likeness (QED) is 0.522. The van der Waals surface area contributed by atoms with E-state index in [0.717, 1.165) is 54.8 Å². The van der Waals surface area contributed by atoms with Crippen LogP contribution >= 0.6 is 0 Å². The van der Waals surface area contributed by atoms with E-state index in [4.69, 9.17) is 9.72 Å². The number of nitrogens with zero attached hydrogens (tertiary/aromatic N) is 4. The van der Waals surface area contributed by atoms with Gasteiger partial charge >= 0.3 is 0 Å². The highest BCUT2D eigenvalue weighted by atomic mass is 16.5. The van der Waals surface area contributed by atoms with Crippen LogP contribution in [0.4, 0.5) is 0 Å². The van der Waals surface area contributed by atoms with Crippen LogP contribution in [0.2, 0.25) is 0 Å². The first-order chi connectivity index (χ1) is 16.1. The van der Waals surface area contributed by atoms with E-state index in [0.29, 0.717) is 25.3 Å². The number of rotatable bonds is 9. The monoisotopic (exact) mass is 450 g/mol. The van der Waals surface area contributed by atoms with Gasteiger partial charge in [0.2, 0.25) is 0 Å². The molecule has 0 radical (unpaired) electrons. The van der Waals surface area contributed by atoms with E-state index in [1.165, 1.54) is 5.56 Å². The van der Waals surface area contributed by atoms with E-state index in [9.17, 15) is 4.79 Å². The van der Waals surface area contributed by atoms with E-state index in [2.05, 4.69) is 51.9 Å². The Labute approximate surface area is 195 Å². The molecule has 8 heteroatoms. The topological polar surface area (TPSA) is 84.3 Å². The number of aryl methyl sites for hydroxylation is 1. The number of carbonyl (C=O) groups is 1. The molecule has 4 rings (SSSR count). The minimum atomic E-state index is -0.0749. The zero-order valence-corrected chi connectivity index (χ0v) is 19.8. The molecule has 0 bridgehead atoms. The summed E-state index contributed by atoms with van der Waals surface area (Å²) in [5.74, 6) is -0.0749. The van der Waals surface area contributed by atoms with Gasteiger partial charge in [0.05, 0.1) is 22.8 Å². The highest BCUT2D eigenvalue weighted by Gasteiger charge is 2.21. The van der Waals surface area contributed by atoms with Gasteiger partial charge in [-0.15, -0.1) is 0 Å². The van der Waals surface area contributed by atoms with Crippen LogP contribution in [0, 0.1) is 0 Å².